The lowest BCUT2D eigenvalue weighted by Crippen LogP contribution is -2.50. The third kappa shape index (κ3) is 2.99. The molecule has 0 aliphatic carbocycles. The van der Waals surface area contributed by atoms with Crippen molar-refractivity contribution >= 4 is 31.8 Å². The molecule has 0 radical (unpaired) electrons. The van der Waals surface area contributed by atoms with Crippen LogP contribution in [0, 0.1) is 0 Å². The van der Waals surface area contributed by atoms with E-state index in [1.165, 1.54) is 9.01 Å². The Bertz CT molecular complexity index is 672. The Morgan fingerprint density at radius 3 is 2.55 bits per heavy atom. The number of hydrogen-bond acceptors (Lipinski definition) is 5. The van der Waals surface area contributed by atoms with Crippen LogP contribution in [0.4, 0.5) is 0 Å². The molecule has 0 spiro atoms. The van der Waals surface area contributed by atoms with Crippen LogP contribution < -0.4 is 5.14 Å². The van der Waals surface area contributed by atoms with Crippen LogP contribution in [-0.2, 0) is 16.8 Å². The summed E-state index contributed by atoms with van der Waals surface area (Å²) in [5, 5.41) is 6.19. The van der Waals surface area contributed by atoms with Crippen LogP contribution in [0.15, 0.2) is 24.3 Å². The zero-order valence-corrected chi connectivity index (χ0v) is 12.5. The smallest absolute Gasteiger partial charge is 0.276 e. The first-order chi connectivity index (χ1) is 9.52. The van der Waals surface area contributed by atoms with Crippen molar-refractivity contribution in [1.82, 2.24) is 14.2 Å². The van der Waals surface area contributed by atoms with E-state index < -0.39 is 10.2 Å². The molecule has 1 saturated heterocycles. The van der Waals surface area contributed by atoms with Gasteiger partial charge >= 0.3 is 0 Å². The van der Waals surface area contributed by atoms with Crippen molar-refractivity contribution in [2.24, 2.45) is 5.14 Å². The molecule has 1 aromatic carbocycles. The van der Waals surface area contributed by atoms with Crippen molar-refractivity contribution in [1.29, 1.82) is 0 Å². The third-order valence-electron chi connectivity index (χ3n) is 3.39. The van der Waals surface area contributed by atoms with Gasteiger partial charge in [-0.15, -0.1) is 11.3 Å². The van der Waals surface area contributed by atoms with Gasteiger partial charge in [-0.2, -0.15) is 12.7 Å². The number of rotatable bonds is 3. The van der Waals surface area contributed by atoms with Gasteiger partial charge in [0.25, 0.3) is 10.2 Å². The summed E-state index contributed by atoms with van der Waals surface area (Å²) < 4.78 is 25.0. The van der Waals surface area contributed by atoms with E-state index in [2.05, 4.69) is 16.0 Å². The van der Waals surface area contributed by atoms with E-state index in [0.717, 1.165) is 17.1 Å². The molecule has 6 nitrogen and oxygen atoms in total. The quantitative estimate of drug-likeness (QED) is 0.901. The summed E-state index contributed by atoms with van der Waals surface area (Å²) in [6, 6.07) is 8.07. The molecule has 20 heavy (non-hydrogen) atoms. The number of benzene rings is 1. The van der Waals surface area contributed by atoms with Crippen molar-refractivity contribution in [3.63, 3.8) is 0 Å². The fourth-order valence-corrected chi connectivity index (χ4v) is 4.00. The van der Waals surface area contributed by atoms with Gasteiger partial charge < -0.3 is 0 Å². The van der Waals surface area contributed by atoms with Crippen LogP contribution in [0.3, 0.4) is 0 Å². The van der Waals surface area contributed by atoms with Crippen molar-refractivity contribution < 1.29 is 8.42 Å². The Hall–Kier alpha value is -1.06. The van der Waals surface area contributed by atoms with Crippen LogP contribution in [0.5, 0.6) is 0 Å². The Labute approximate surface area is 122 Å². The molecule has 0 unspecified atom stereocenters. The van der Waals surface area contributed by atoms with Gasteiger partial charge in [0, 0.05) is 26.2 Å². The summed E-state index contributed by atoms with van der Waals surface area (Å²) in [6.45, 7) is 3.03. The lowest BCUT2D eigenvalue weighted by Gasteiger charge is -2.32. The number of nitrogens with two attached hydrogens (primary N) is 1. The fourth-order valence-electron chi connectivity index (χ4n) is 2.32. The van der Waals surface area contributed by atoms with Crippen molar-refractivity contribution in [3.8, 4) is 0 Å². The summed E-state index contributed by atoms with van der Waals surface area (Å²) in [6.07, 6.45) is 0. The van der Waals surface area contributed by atoms with Gasteiger partial charge in [0.05, 0.1) is 16.8 Å². The van der Waals surface area contributed by atoms with E-state index in [-0.39, 0.29) is 0 Å². The molecular weight excluding hydrogens is 296 g/mol. The molecule has 2 aromatic rings. The van der Waals surface area contributed by atoms with Crippen LogP contribution in [0.1, 0.15) is 5.01 Å². The normalized spacial score (nSPS) is 18.6. The van der Waals surface area contributed by atoms with Gasteiger partial charge in [0.2, 0.25) is 0 Å². The largest absolute Gasteiger partial charge is 0.294 e. The summed E-state index contributed by atoms with van der Waals surface area (Å²) in [5.74, 6) is 0. The second-order valence-corrected chi connectivity index (χ2v) is 7.46. The number of fused-ring (bicyclic) bond motifs is 1. The first kappa shape index (κ1) is 13.9. The Morgan fingerprint density at radius 1 is 1.20 bits per heavy atom. The Balaban J connectivity index is 1.65. The SMILES string of the molecule is NS(=O)(=O)N1CCN(Cc2nc3ccccc3s2)CC1. The van der Waals surface area contributed by atoms with Crippen molar-refractivity contribution in [2.75, 3.05) is 26.2 Å². The van der Waals surface area contributed by atoms with Gasteiger partial charge in [0.1, 0.15) is 5.01 Å². The molecule has 1 aliphatic rings. The number of para-hydroxylation sites is 1. The van der Waals surface area contributed by atoms with Gasteiger partial charge in [0.15, 0.2) is 0 Å². The van der Waals surface area contributed by atoms with Crippen molar-refractivity contribution in [2.45, 2.75) is 6.54 Å². The van der Waals surface area contributed by atoms with E-state index in [1.807, 2.05) is 18.2 Å². The minimum absolute atomic E-state index is 0.448. The topological polar surface area (TPSA) is 79.5 Å². The molecule has 0 saturated carbocycles. The minimum Gasteiger partial charge on any atom is -0.294 e. The highest BCUT2D eigenvalue weighted by atomic mass is 32.2. The standard InChI is InChI=1S/C12H16N4O2S2/c13-20(17,18)16-7-5-15(6-8-16)9-12-14-10-3-1-2-4-11(10)19-12/h1-4H,5-9H2,(H2,13,17,18). The summed E-state index contributed by atoms with van der Waals surface area (Å²) >= 11 is 1.69. The Kier molecular flexibility index (Phi) is 3.74. The average molecular weight is 312 g/mol. The predicted molar refractivity (Wildman–Crippen MR) is 79.6 cm³/mol. The van der Waals surface area contributed by atoms with Crippen LogP contribution in [-0.4, -0.2) is 48.8 Å². The summed E-state index contributed by atoms with van der Waals surface area (Å²) in [7, 11) is -3.55. The molecule has 3 rings (SSSR count). The summed E-state index contributed by atoms with van der Waals surface area (Å²) in [4.78, 5) is 6.80. The second kappa shape index (κ2) is 5.38. The van der Waals surface area contributed by atoms with E-state index in [1.54, 1.807) is 11.3 Å². The van der Waals surface area contributed by atoms with Crippen molar-refractivity contribution in [3.05, 3.63) is 29.3 Å². The third-order valence-corrected chi connectivity index (χ3v) is 5.49. The highest BCUT2D eigenvalue weighted by molar-refractivity contribution is 7.86. The van der Waals surface area contributed by atoms with E-state index >= 15 is 0 Å². The molecule has 8 heteroatoms. The first-order valence-electron chi connectivity index (χ1n) is 6.37. The molecule has 1 aromatic heterocycles. The van der Waals surface area contributed by atoms with Gasteiger partial charge in [-0.1, -0.05) is 12.1 Å². The number of piperazine rings is 1. The highest BCUT2D eigenvalue weighted by Crippen LogP contribution is 2.23. The molecular formula is C12H16N4O2S2. The zero-order chi connectivity index (χ0) is 14.2. The summed E-state index contributed by atoms with van der Waals surface area (Å²) in [5.41, 5.74) is 1.02. The van der Waals surface area contributed by atoms with Crippen LogP contribution in [0.25, 0.3) is 10.2 Å². The molecule has 1 aliphatic heterocycles. The maximum Gasteiger partial charge on any atom is 0.276 e. The minimum atomic E-state index is -3.55. The lowest BCUT2D eigenvalue weighted by atomic mass is 10.3. The highest BCUT2D eigenvalue weighted by Gasteiger charge is 2.24. The fraction of sp³-hybridized carbons (Fsp3) is 0.417. The van der Waals surface area contributed by atoms with Crippen LogP contribution >= 0.6 is 11.3 Å². The van der Waals surface area contributed by atoms with Crippen LogP contribution in [0.2, 0.25) is 0 Å². The second-order valence-electron chi connectivity index (χ2n) is 4.80. The monoisotopic (exact) mass is 312 g/mol. The van der Waals surface area contributed by atoms with E-state index in [4.69, 9.17) is 5.14 Å². The lowest BCUT2D eigenvalue weighted by molar-refractivity contribution is 0.181. The Morgan fingerprint density at radius 2 is 1.90 bits per heavy atom. The first-order valence-corrected chi connectivity index (χ1v) is 8.69. The predicted octanol–water partition coefficient (Wildman–Crippen LogP) is 0.617. The maximum atomic E-state index is 11.2. The van der Waals surface area contributed by atoms with Gasteiger partial charge in [-0.25, -0.2) is 10.1 Å². The van der Waals surface area contributed by atoms with Gasteiger partial charge in [-0.3, -0.25) is 4.90 Å². The average Bonchev–Trinajstić information content (AvgIpc) is 2.80. The van der Waals surface area contributed by atoms with E-state index in [9.17, 15) is 8.42 Å². The molecule has 0 atom stereocenters. The molecule has 2 N–H and O–H groups in total. The molecule has 1 fully saturated rings. The number of hydrogen-bond donors (Lipinski definition) is 1. The molecule has 0 bridgehead atoms. The van der Waals surface area contributed by atoms with E-state index in [0.29, 0.717) is 26.2 Å². The zero-order valence-electron chi connectivity index (χ0n) is 10.9. The van der Waals surface area contributed by atoms with Gasteiger partial charge in [-0.05, 0) is 12.1 Å². The maximum absolute atomic E-state index is 11.2. The molecule has 108 valence electrons. The number of nitrogens with zero attached hydrogens (tertiary/aromatic N) is 3. The number of aromatic nitrogens is 1. The molecule has 0 amide bonds. The number of thiazole rings is 1. The molecule has 2 heterocycles.